The highest BCUT2D eigenvalue weighted by Gasteiger charge is 2.27. The molecular formula is C18H27ClFN3O. The Labute approximate surface area is 149 Å². The number of carbonyl (C=O) groups is 1. The summed E-state index contributed by atoms with van der Waals surface area (Å²) in [4.78, 5) is 16.3. The molecule has 1 aromatic rings. The van der Waals surface area contributed by atoms with Gasteiger partial charge in [-0.3, -0.25) is 4.90 Å². The summed E-state index contributed by atoms with van der Waals surface area (Å²) in [5.74, 6) is -0.169. The van der Waals surface area contributed by atoms with Gasteiger partial charge in [-0.25, -0.2) is 9.18 Å². The van der Waals surface area contributed by atoms with Crippen LogP contribution in [0, 0.1) is 5.82 Å². The largest absolute Gasteiger partial charge is 0.335 e. The summed E-state index contributed by atoms with van der Waals surface area (Å²) in [6, 6.07) is 7.34. The molecule has 1 saturated carbocycles. The van der Waals surface area contributed by atoms with Crippen molar-refractivity contribution in [2.75, 3.05) is 32.7 Å². The molecule has 2 amide bonds. The minimum absolute atomic E-state index is 0. The molecule has 1 heterocycles. The molecule has 0 unspecified atom stereocenters. The number of aryl methyl sites for hydroxylation is 1. The Morgan fingerprint density at radius 2 is 1.75 bits per heavy atom. The van der Waals surface area contributed by atoms with Crippen molar-refractivity contribution >= 4 is 18.4 Å². The summed E-state index contributed by atoms with van der Waals surface area (Å²) in [6.07, 6.45) is 5.54. The van der Waals surface area contributed by atoms with Gasteiger partial charge in [0.15, 0.2) is 0 Å². The lowest BCUT2D eigenvalue weighted by molar-refractivity contribution is 0.138. The Hall–Kier alpha value is -1.33. The van der Waals surface area contributed by atoms with Gasteiger partial charge in [0.05, 0.1) is 0 Å². The second-order valence-corrected chi connectivity index (χ2v) is 6.64. The van der Waals surface area contributed by atoms with Crippen LogP contribution in [0.2, 0.25) is 0 Å². The zero-order chi connectivity index (χ0) is 16.1. The van der Waals surface area contributed by atoms with Gasteiger partial charge >= 0.3 is 6.03 Å². The second-order valence-electron chi connectivity index (χ2n) is 6.64. The molecule has 6 heteroatoms. The SMILES string of the molecule is Cl.O=C(NC1CC1)N1CCN(CCCCc2ccc(F)cc2)CC1. The third-order valence-corrected chi connectivity index (χ3v) is 4.67. The van der Waals surface area contributed by atoms with E-state index in [0.29, 0.717) is 6.04 Å². The van der Waals surface area contributed by atoms with Gasteiger partial charge < -0.3 is 10.2 Å². The lowest BCUT2D eigenvalue weighted by Crippen LogP contribution is -2.52. The van der Waals surface area contributed by atoms with Gasteiger partial charge in [-0.2, -0.15) is 0 Å². The summed E-state index contributed by atoms with van der Waals surface area (Å²) in [7, 11) is 0. The average molecular weight is 356 g/mol. The monoisotopic (exact) mass is 355 g/mol. The average Bonchev–Trinajstić information content (AvgIpc) is 3.38. The fourth-order valence-electron chi connectivity index (χ4n) is 2.98. The van der Waals surface area contributed by atoms with Crippen LogP contribution in [-0.2, 0) is 6.42 Å². The maximum absolute atomic E-state index is 12.8. The van der Waals surface area contributed by atoms with E-state index < -0.39 is 0 Å². The summed E-state index contributed by atoms with van der Waals surface area (Å²) in [6.45, 7) is 4.68. The quantitative estimate of drug-likeness (QED) is 0.796. The van der Waals surface area contributed by atoms with E-state index in [-0.39, 0.29) is 24.3 Å². The molecule has 0 spiro atoms. The number of hydrogen-bond donors (Lipinski definition) is 1. The molecule has 24 heavy (non-hydrogen) atoms. The van der Waals surface area contributed by atoms with Crippen LogP contribution in [-0.4, -0.2) is 54.6 Å². The van der Waals surface area contributed by atoms with E-state index in [1.165, 1.54) is 17.7 Å². The van der Waals surface area contributed by atoms with Crippen molar-refractivity contribution in [3.63, 3.8) is 0 Å². The first-order valence-corrected chi connectivity index (χ1v) is 8.73. The van der Waals surface area contributed by atoms with Gasteiger partial charge in [0, 0.05) is 32.2 Å². The number of piperazine rings is 1. The van der Waals surface area contributed by atoms with Crippen LogP contribution in [0.5, 0.6) is 0 Å². The number of halogens is 2. The number of nitrogens with one attached hydrogen (secondary N) is 1. The standard InChI is InChI=1S/C18H26FN3O.ClH/c19-16-6-4-15(5-7-16)3-1-2-10-21-11-13-22(14-12-21)18(23)20-17-8-9-17;/h4-7,17H,1-3,8-14H2,(H,20,23);1H. The molecule has 0 atom stereocenters. The fourth-order valence-corrected chi connectivity index (χ4v) is 2.98. The molecular weight excluding hydrogens is 329 g/mol. The summed E-state index contributed by atoms with van der Waals surface area (Å²) >= 11 is 0. The summed E-state index contributed by atoms with van der Waals surface area (Å²) < 4.78 is 12.8. The van der Waals surface area contributed by atoms with Crippen LogP contribution in [0.15, 0.2) is 24.3 Å². The van der Waals surface area contributed by atoms with Crippen molar-refractivity contribution in [3.05, 3.63) is 35.6 Å². The molecule has 2 aliphatic rings. The number of carbonyl (C=O) groups excluding carboxylic acids is 1. The molecule has 3 rings (SSSR count). The maximum Gasteiger partial charge on any atom is 0.317 e. The Kier molecular flexibility index (Phi) is 7.31. The first-order chi connectivity index (χ1) is 11.2. The van der Waals surface area contributed by atoms with Gasteiger partial charge in [-0.15, -0.1) is 12.4 Å². The molecule has 0 aromatic heterocycles. The fraction of sp³-hybridized carbons (Fsp3) is 0.611. The smallest absolute Gasteiger partial charge is 0.317 e. The van der Waals surface area contributed by atoms with Crippen LogP contribution in [0.4, 0.5) is 9.18 Å². The van der Waals surface area contributed by atoms with Gasteiger partial charge in [-0.1, -0.05) is 12.1 Å². The van der Waals surface area contributed by atoms with Crippen molar-refractivity contribution in [1.29, 1.82) is 0 Å². The highest BCUT2D eigenvalue weighted by atomic mass is 35.5. The molecule has 1 aromatic carbocycles. The molecule has 134 valence electrons. The van der Waals surface area contributed by atoms with Crippen LogP contribution in [0.25, 0.3) is 0 Å². The van der Waals surface area contributed by atoms with E-state index in [0.717, 1.165) is 64.8 Å². The predicted molar refractivity (Wildman–Crippen MR) is 96.2 cm³/mol. The lowest BCUT2D eigenvalue weighted by atomic mass is 10.1. The van der Waals surface area contributed by atoms with Crippen molar-refractivity contribution < 1.29 is 9.18 Å². The number of rotatable bonds is 6. The van der Waals surface area contributed by atoms with Crippen molar-refractivity contribution in [2.45, 2.75) is 38.1 Å². The van der Waals surface area contributed by atoms with Crippen LogP contribution >= 0.6 is 12.4 Å². The number of nitrogens with zero attached hydrogens (tertiary/aromatic N) is 2. The van der Waals surface area contributed by atoms with Gasteiger partial charge in [0.1, 0.15) is 5.82 Å². The first kappa shape index (κ1) is 19.0. The minimum Gasteiger partial charge on any atom is -0.335 e. The molecule has 1 N–H and O–H groups in total. The lowest BCUT2D eigenvalue weighted by Gasteiger charge is -2.34. The predicted octanol–water partition coefficient (Wildman–Crippen LogP) is 3.06. The Morgan fingerprint density at radius 3 is 2.38 bits per heavy atom. The Morgan fingerprint density at radius 1 is 1.08 bits per heavy atom. The van der Waals surface area contributed by atoms with Gasteiger partial charge in [0.25, 0.3) is 0 Å². The Balaban J connectivity index is 0.00000208. The molecule has 0 bridgehead atoms. The third kappa shape index (κ3) is 5.95. The third-order valence-electron chi connectivity index (χ3n) is 4.67. The number of hydrogen-bond acceptors (Lipinski definition) is 2. The summed E-state index contributed by atoms with van der Waals surface area (Å²) in [5, 5.41) is 3.05. The molecule has 2 fully saturated rings. The van der Waals surface area contributed by atoms with E-state index in [1.54, 1.807) is 0 Å². The maximum atomic E-state index is 12.8. The molecule has 1 aliphatic heterocycles. The van der Waals surface area contributed by atoms with E-state index in [9.17, 15) is 9.18 Å². The topological polar surface area (TPSA) is 35.6 Å². The highest BCUT2D eigenvalue weighted by Crippen LogP contribution is 2.19. The van der Waals surface area contributed by atoms with E-state index >= 15 is 0 Å². The van der Waals surface area contributed by atoms with Crippen LogP contribution < -0.4 is 5.32 Å². The number of benzene rings is 1. The zero-order valence-electron chi connectivity index (χ0n) is 14.0. The van der Waals surface area contributed by atoms with Crippen molar-refractivity contribution in [3.8, 4) is 0 Å². The van der Waals surface area contributed by atoms with Crippen molar-refractivity contribution in [1.82, 2.24) is 15.1 Å². The van der Waals surface area contributed by atoms with E-state index in [1.807, 2.05) is 17.0 Å². The number of unbranched alkanes of at least 4 members (excludes halogenated alkanes) is 1. The normalized spacial score (nSPS) is 18.1. The molecule has 1 saturated heterocycles. The minimum atomic E-state index is -0.169. The van der Waals surface area contributed by atoms with Gasteiger partial charge in [0.2, 0.25) is 0 Å². The zero-order valence-corrected chi connectivity index (χ0v) is 14.9. The van der Waals surface area contributed by atoms with E-state index in [4.69, 9.17) is 0 Å². The van der Waals surface area contributed by atoms with Crippen LogP contribution in [0.3, 0.4) is 0 Å². The van der Waals surface area contributed by atoms with Crippen LogP contribution in [0.1, 0.15) is 31.2 Å². The first-order valence-electron chi connectivity index (χ1n) is 8.73. The molecule has 0 radical (unpaired) electrons. The van der Waals surface area contributed by atoms with Crippen molar-refractivity contribution in [2.24, 2.45) is 0 Å². The summed E-state index contributed by atoms with van der Waals surface area (Å²) in [5.41, 5.74) is 1.20. The van der Waals surface area contributed by atoms with Gasteiger partial charge in [-0.05, 0) is 56.3 Å². The Bertz CT molecular complexity index is 514. The van der Waals surface area contributed by atoms with E-state index in [2.05, 4.69) is 10.2 Å². The number of urea groups is 1. The highest BCUT2D eigenvalue weighted by molar-refractivity contribution is 5.85. The molecule has 1 aliphatic carbocycles. The second kappa shape index (κ2) is 9.23. The molecule has 4 nitrogen and oxygen atoms in total. The number of amides is 2.